The number of hydrogen-bond acceptors (Lipinski definition) is 4. The van der Waals surface area contributed by atoms with Gasteiger partial charge in [-0.25, -0.2) is 9.67 Å². The van der Waals surface area contributed by atoms with Crippen LogP contribution in [0.4, 0.5) is 5.69 Å². The lowest BCUT2D eigenvalue weighted by molar-refractivity contribution is 0.833. The molecule has 2 aromatic carbocycles. The number of nitrogens with zero attached hydrogens (tertiary/aromatic N) is 5. The van der Waals surface area contributed by atoms with E-state index in [-0.39, 0.29) is 0 Å². The fourth-order valence-electron chi connectivity index (χ4n) is 3.12. The lowest BCUT2D eigenvalue weighted by atomic mass is 10.2. The average Bonchev–Trinajstić information content (AvgIpc) is 3.26. The van der Waals surface area contributed by atoms with E-state index in [0.717, 1.165) is 47.1 Å². The summed E-state index contributed by atoms with van der Waals surface area (Å²) in [5, 5.41) is 11.3. The zero-order valence-corrected chi connectivity index (χ0v) is 15.0. The van der Waals surface area contributed by atoms with Crippen LogP contribution in [0, 0.1) is 13.8 Å². The lowest BCUT2D eigenvalue weighted by Crippen LogP contribution is -2.11. The summed E-state index contributed by atoms with van der Waals surface area (Å²) >= 11 is 0. The van der Waals surface area contributed by atoms with Crippen LogP contribution < -0.4 is 5.01 Å². The van der Waals surface area contributed by atoms with Gasteiger partial charge in [-0.3, -0.25) is 5.01 Å². The van der Waals surface area contributed by atoms with Crippen molar-refractivity contribution in [3.05, 3.63) is 77.6 Å². The summed E-state index contributed by atoms with van der Waals surface area (Å²) in [5.41, 5.74) is 5.25. The van der Waals surface area contributed by atoms with Crippen molar-refractivity contribution in [1.29, 1.82) is 0 Å². The summed E-state index contributed by atoms with van der Waals surface area (Å²) in [5.74, 6) is 0.847. The van der Waals surface area contributed by atoms with Crippen LogP contribution in [0.2, 0.25) is 0 Å². The smallest absolute Gasteiger partial charge is 0.150 e. The van der Waals surface area contributed by atoms with E-state index in [0.29, 0.717) is 0 Å². The van der Waals surface area contributed by atoms with Crippen molar-refractivity contribution in [2.45, 2.75) is 20.3 Å². The molecule has 1 aliphatic rings. The highest BCUT2D eigenvalue weighted by Gasteiger charge is 2.16. The van der Waals surface area contributed by atoms with E-state index in [1.54, 1.807) is 0 Å². The SMILES string of the molecule is Cc1nn(-c2ccccc2)c(C)c1C=NC1=NN(c2ccccc2)CC1. The van der Waals surface area contributed by atoms with Gasteiger partial charge in [0.1, 0.15) is 0 Å². The Bertz CT molecular complexity index is 955. The number of aryl methyl sites for hydroxylation is 1. The van der Waals surface area contributed by atoms with Gasteiger partial charge in [0.2, 0.25) is 0 Å². The number of hydrogen-bond donors (Lipinski definition) is 0. The van der Waals surface area contributed by atoms with E-state index in [9.17, 15) is 0 Å². The predicted molar refractivity (Wildman–Crippen MR) is 106 cm³/mol. The van der Waals surface area contributed by atoms with E-state index < -0.39 is 0 Å². The molecule has 5 nitrogen and oxygen atoms in total. The van der Waals surface area contributed by atoms with Gasteiger partial charge in [0.05, 0.1) is 22.8 Å². The van der Waals surface area contributed by atoms with Crippen molar-refractivity contribution in [1.82, 2.24) is 9.78 Å². The van der Waals surface area contributed by atoms with Gasteiger partial charge in [0.15, 0.2) is 5.84 Å². The minimum absolute atomic E-state index is 0.844. The third-order valence-corrected chi connectivity index (χ3v) is 4.53. The van der Waals surface area contributed by atoms with Gasteiger partial charge in [0.25, 0.3) is 0 Å². The van der Waals surface area contributed by atoms with Crippen LogP contribution in [0.3, 0.4) is 0 Å². The second-order valence-corrected chi connectivity index (χ2v) is 6.31. The van der Waals surface area contributed by atoms with Crippen LogP contribution in [0.15, 0.2) is 70.8 Å². The Balaban J connectivity index is 1.57. The van der Waals surface area contributed by atoms with Crippen molar-refractivity contribution in [2.24, 2.45) is 10.1 Å². The second kappa shape index (κ2) is 6.96. The Labute approximate surface area is 153 Å². The van der Waals surface area contributed by atoms with E-state index in [1.807, 2.05) is 59.2 Å². The van der Waals surface area contributed by atoms with Gasteiger partial charge >= 0.3 is 0 Å². The molecule has 0 spiro atoms. The predicted octanol–water partition coefficient (Wildman–Crippen LogP) is 4.13. The van der Waals surface area contributed by atoms with Crippen molar-refractivity contribution >= 4 is 17.7 Å². The molecule has 4 rings (SSSR count). The molecule has 0 saturated carbocycles. The molecule has 0 atom stereocenters. The van der Waals surface area contributed by atoms with Gasteiger partial charge in [0, 0.05) is 24.7 Å². The van der Waals surface area contributed by atoms with E-state index >= 15 is 0 Å². The quantitative estimate of drug-likeness (QED) is 0.671. The molecule has 0 saturated heterocycles. The second-order valence-electron chi connectivity index (χ2n) is 6.31. The Hall–Kier alpha value is -3.21. The maximum absolute atomic E-state index is 4.66. The third kappa shape index (κ3) is 3.16. The zero-order valence-electron chi connectivity index (χ0n) is 15.0. The number of hydrazone groups is 1. The molecule has 26 heavy (non-hydrogen) atoms. The number of rotatable bonds is 3. The molecule has 0 fully saturated rings. The van der Waals surface area contributed by atoms with Crippen LogP contribution in [0.5, 0.6) is 0 Å². The molecule has 3 aromatic rings. The highest BCUT2D eigenvalue weighted by Crippen LogP contribution is 2.20. The van der Waals surface area contributed by atoms with Gasteiger partial charge < -0.3 is 0 Å². The summed E-state index contributed by atoms with van der Waals surface area (Å²) in [6.45, 7) is 4.94. The van der Waals surface area contributed by atoms with Crippen LogP contribution in [-0.4, -0.2) is 28.4 Å². The summed E-state index contributed by atoms with van der Waals surface area (Å²) in [7, 11) is 0. The topological polar surface area (TPSA) is 45.8 Å². The molecule has 0 radical (unpaired) electrons. The minimum atomic E-state index is 0.844. The van der Waals surface area contributed by atoms with Crippen LogP contribution in [-0.2, 0) is 0 Å². The Kier molecular flexibility index (Phi) is 4.35. The number of anilines is 1. The average molecular weight is 343 g/mol. The number of benzene rings is 2. The van der Waals surface area contributed by atoms with Gasteiger partial charge in [-0.05, 0) is 38.1 Å². The van der Waals surface area contributed by atoms with Gasteiger partial charge in [-0.2, -0.15) is 10.2 Å². The van der Waals surface area contributed by atoms with Crippen molar-refractivity contribution in [3.63, 3.8) is 0 Å². The first-order valence-corrected chi connectivity index (χ1v) is 8.78. The summed E-state index contributed by atoms with van der Waals surface area (Å²) < 4.78 is 1.96. The van der Waals surface area contributed by atoms with Crippen LogP contribution in [0.1, 0.15) is 23.4 Å². The van der Waals surface area contributed by atoms with Crippen molar-refractivity contribution in [2.75, 3.05) is 11.6 Å². The van der Waals surface area contributed by atoms with E-state index in [2.05, 4.69) is 46.4 Å². The molecule has 0 bridgehead atoms. The molecule has 0 N–H and O–H groups in total. The Morgan fingerprint density at radius 3 is 2.27 bits per heavy atom. The third-order valence-electron chi connectivity index (χ3n) is 4.53. The maximum Gasteiger partial charge on any atom is 0.150 e. The fourth-order valence-corrected chi connectivity index (χ4v) is 3.12. The highest BCUT2D eigenvalue weighted by molar-refractivity contribution is 5.97. The first-order chi connectivity index (χ1) is 12.7. The molecule has 1 aliphatic heterocycles. The molecule has 0 aliphatic carbocycles. The first-order valence-electron chi connectivity index (χ1n) is 8.78. The van der Waals surface area contributed by atoms with Gasteiger partial charge in [-0.15, -0.1) is 0 Å². The molecule has 0 unspecified atom stereocenters. The molecule has 130 valence electrons. The van der Waals surface area contributed by atoms with Crippen LogP contribution in [0.25, 0.3) is 5.69 Å². The summed E-state index contributed by atoms with van der Waals surface area (Å²) in [6.07, 6.45) is 2.74. The van der Waals surface area contributed by atoms with E-state index in [4.69, 9.17) is 0 Å². The molecule has 2 heterocycles. The van der Waals surface area contributed by atoms with Crippen molar-refractivity contribution in [3.8, 4) is 5.69 Å². The Morgan fingerprint density at radius 1 is 0.923 bits per heavy atom. The van der Waals surface area contributed by atoms with Gasteiger partial charge in [-0.1, -0.05) is 36.4 Å². The number of aromatic nitrogens is 2. The number of para-hydroxylation sites is 2. The Morgan fingerprint density at radius 2 is 1.58 bits per heavy atom. The minimum Gasteiger partial charge on any atom is -0.263 e. The maximum atomic E-state index is 4.66. The molecule has 5 heteroatoms. The molecular weight excluding hydrogens is 322 g/mol. The molecular formula is C21H21N5. The zero-order chi connectivity index (χ0) is 17.9. The summed E-state index contributed by atoms with van der Waals surface area (Å²) in [6, 6.07) is 20.3. The largest absolute Gasteiger partial charge is 0.263 e. The monoisotopic (exact) mass is 343 g/mol. The highest BCUT2D eigenvalue weighted by atomic mass is 15.5. The van der Waals surface area contributed by atoms with E-state index in [1.165, 1.54) is 0 Å². The standard InChI is InChI=1S/C21H21N5/c1-16-20(17(2)26(23-16)19-11-7-4-8-12-19)15-22-21-13-14-25(24-21)18-9-5-3-6-10-18/h3-12,15H,13-14H2,1-2H3. The first kappa shape index (κ1) is 16.3. The van der Waals surface area contributed by atoms with Crippen molar-refractivity contribution < 1.29 is 0 Å². The summed E-state index contributed by atoms with van der Waals surface area (Å²) in [4.78, 5) is 4.63. The lowest BCUT2D eigenvalue weighted by Gasteiger charge is -2.11. The number of amidine groups is 1. The number of aliphatic imine (C=N–C) groups is 1. The van der Waals surface area contributed by atoms with Crippen LogP contribution >= 0.6 is 0 Å². The fraction of sp³-hybridized carbons (Fsp3) is 0.190. The molecule has 0 amide bonds. The normalized spacial score (nSPS) is 14.2. The molecule has 1 aromatic heterocycles.